The van der Waals surface area contributed by atoms with E-state index in [0.29, 0.717) is 17.1 Å². The van der Waals surface area contributed by atoms with Crippen molar-refractivity contribution < 1.29 is 0 Å². The van der Waals surface area contributed by atoms with E-state index in [0.717, 1.165) is 12.1 Å². The van der Waals surface area contributed by atoms with Crippen LogP contribution in [0.4, 0.5) is 5.69 Å². The van der Waals surface area contributed by atoms with Crippen molar-refractivity contribution in [3.05, 3.63) is 58.9 Å². The van der Waals surface area contributed by atoms with Crippen molar-refractivity contribution in [3.8, 4) is 0 Å². The molecule has 1 N–H and O–H groups in total. The minimum Gasteiger partial charge on any atom is -0.376 e. The molecule has 0 saturated heterocycles. The van der Waals surface area contributed by atoms with E-state index in [-0.39, 0.29) is 0 Å². The van der Waals surface area contributed by atoms with Gasteiger partial charge in [-0.2, -0.15) is 0 Å². The summed E-state index contributed by atoms with van der Waals surface area (Å²) >= 11 is 6.13. The molecule has 1 aliphatic rings. The van der Waals surface area contributed by atoms with Crippen LogP contribution in [0, 0.1) is 0 Å². The fraction of sp³-hybridized carbons (Fsp3) is 0.312. The Morgan fingerprint density at radius 1 is 1.11 bits per heavy atom. The number of benzene rings is 1. The van der Waals surface area contributed by atoms with Crippen LogP contribution in [0.5, 0.6) is 0 Å². The molecule has 1 aromatic carbocycles. The van der Waals surface area contributed by atoms with Crippen LogP contribution in [0.1, 0.15) is 42.9 Å². The summed E-state index contributed by atoms with van der Waals surface area (Å²) in [5, 5.41) is 4.07. The average Bonchev–Trinajstić information content (AvgIpc) is 2.44. The van der Waals surface area contributed by atoms with Gasteiger partial charge < -0.3 is 5.32 Å². The van der Waals surface area contributed by atoms with Gasteiger partial charge in [-0.3, -0.25) is 0 Å². The molecule has 0 amide bonds. The second-order valence-corrected chi connectivity index (χ2v) is 5.50. The third-order valence-electron chi connectivity index (χ3n) is 3.88. The quantitative estimate of drug-likeness (QED) is 0.796. The molecule has 98 valence electrons. The molecule has 19 heavy (non-hydrogen) atoms. The summed E-state index contributed by atoms with van der Waals surface area (Å²) in [6, 6.07) is 12.9. The SMILES string of the molecule is CC1CCC(Nc2cccnc2Cl)c2ccccc21. The van der Waals surface area contributed by atoms with Gasteiger partial charge in [0.1, 0.15) is 0 Å². The first-order chi connectivity index (χ1) is 9.25. The number of rotatable bonds is 2. The molecule has 1 heterocycles. The maximum Gasteiger partial charge on any atom is 0.152 e. The van der Waals surface area contributed by atoms with Crippen LogP contribution in [-0.2, 0) is 0 Å². The number of anilines is 1. The van der Waals surface area contributed by atoms with Gasteiger partial charge in [-0.05, 0) is 42.0 Å². The van der Waals surface area contributed by atoms with Crippen molar-refractivity contribution >= 4 is 17.3 Å². The third-order valence-corrected chi connectivity index (χ3v) is 4.18. The second-order valence-electron chi connectivity index (χ2n) is 5.15. The van der Waals surface area contributed by atoms with E-state index in [1.165, 1.54) is 17.5 Å². The van der Waals surface area contributed by atoms with Crippen LogP contribution in [-0.4, -0.2) is 4.98 Å². The first kappa shape index (κ1) is 12.5. The lowest BCUT2D eigenvalue weighted by Gasteiger charge is -2.31. The van der Waals surface area contributed by atoms with E-state index in [2.05, 4.69) is 41.5 Å². The minimum atomic E-state index is 0.328. The van der Waals surface area contributed by atoms with Gasteiger partial charge in [0.25, 0.3) is 0 Å². The Hall–Kier alpha value is -1.54. The van der Waals surface area contributed by atoms with Gasteiger partial charge in [0.2, 0.25) is 0 Å². The lowest BCUT2D eigenvalue weighted by atomic mass is 9.81. The highest BCUT2D eigenvalue weighted by Crippen LogP contribution is 2.39. The first-order valence-electron chi connectivity index (χ1n) is 6.71. The number of fused-ring (bicyclic) bond motifs is 1. The highest BCUT2D eigenvalue weighted by Gasteiger charge is 2.24. The van der Waals surface area contributed by atoms with Gasteiger partial charge in [0.05, 0.1) is 11.7 Å². The van der Waals surface area contributed by atoms with Crippen LogP contribution >= 0.6 is 11.6 Å². The Labute approximate surface area is 118 Å². The zero-order chi connectivity index (χ0) is 13.2. The normalized spacial score (nSPS) is 21.8. The number of nitrogens with zero attached hydrogens (tertiary/aromatic N) is 1. The van der Waals surface area contributed by atoms with Crippen molar-refractivity contribution in [2.45, 2.75) is 31.7 Å². The standard InChI is InChI=1S/C16H17ClN2/c1-11-8-9-14(13-6-3-2-5-12(11)13)19-15-7-4-10-18-16(15)17/h2-7,10-11,14,19H,8-9H2,1H3. The largest absolute Gasteiger partial charge is 0.376 e. The molecule has 3 heteroatoms. The van der Waals surface area contributed by atoms with E-state index in [1.54, 1.807) is 6.20 Å². The van der Waals surface area contributed by atoms with E-state index in [1.807, 2.05) is 12.1 Å². The highest BCUT2D eigenvalue weighted by molar-refractivity contribution is 6.31. The molecule has 0 saturated carbocycles. The Morgan fingerprint density at radius 2 is 1.89 bits per heavy atom. The molecule has 0 radical (unpaired) electrons. The fourth-order valence-electron chi connectivity index (χ4n) is 2.84. The van der Waals surface area contributed by atoms with Crippen molar-refractivity contribution in [1.82, 2.24) is 4.98 Å². The maximum absolute atomic E-state index is 6.13. The molecule has 0 fully saturated rings. The summed E-state index contributed by atoms with van der Waals surface area (Å²) < 4.78 is 0. The molecule has 1 aliphatic carbocycles. The molecule has 1 aromatic heterocycles. The van der Waals surface area contributed by atoms with Crippen molar-refractivity contribution in [1.29, 1.82) is 0 Å². The van der Waals surface area contributed by atoms with Gasteiger partial charge in [0.15, 0.2) is 5.15 Å². The molecule has 0 aliphatic heterocycles. The van der Waals surface area contributed by atoms with Gasteiger partial charge in [-0.25, -0.2) is 4.98 Å². The summed E-state index contributed by atoms with van der Waals surface area (Å²) in [5.41, 5.74) is 3.76. The Bertz CT molecular complexity index is 582. The smallest absolute Gasteiger partial charge is 0.152 e. The summed E-state index contributed by atoms with van der Waals surface area (Å²) in [7, 11) is 0. The van der Waals surface area contributed by atoms with Crippen molar-refractivity contribution in [2.75, 3.05) is 5.32 Å². The predicted octanol–water partition coefficient (Wildman–Crippen LogP) is 4.79. The number of hydrogen-bond donors (Lipinski definition) is 1. The molecule has 2 unspecified atom stereocenters. The fourth-order valence-corrected chi connectivity index (χ4v) is 3.01. The number of nitrogens with one attached hydrogen (secondary N) is 1. The summed E-state index contributed by atoms with van der Waals surface area (Å²) in [6.45, 7) is 2.30. The van der Waals surface area contributed by atoms with Crippen LogP contribution in [0.25, 0.3) is 0 Å². The van der Waals surface area contributed by atoms with Crippen molar-refractivity contribution in [2.24, 2.45) is 0 Å². The third kappa shape index (κ3) is 2.45. The molecule has 0 spiro atoms. The van der Waals surface area contributed by atoms with Gasteiger partial charge in [0, 0.05) is 6.20 Å². The number of hydrogen-bond acceptors (Lipinski definition) is 2. The Kier molecular flexibility index (Phi) is 3.43. The molecule has 2 aromatic rings. The van der Waals surface area contributed by atoms with E-state index in [9.17, 15) is 0 Å². The zero-order valence-corrected chi connectivity index (χ0v) is 11.7. The minimum absolute atomic E-state index is 0.328. The van der Waals surface area contributed by atoms with Crippen LogP contribution in [0.2, 0.25) is 5.15 Å². The van der Waals surface area contributed by atoms with E-state index in [4.69, 9.17) is 11.6 Å². The molecule has 2 atom stereocenters. The van der Waals surface area contributed by atoms with Crippen LogP contribution < -0.4 is 5.32 Å². The lowest BCUT2D eigenvalue weighted by Crippen LogP contribution is -2.19. The first-order valence-corrected chi connectivity index (χ1v) is 7.09. The average molecular weight is 273 g/mol. The molecule has 2 nitrogen and oxygen atoms in total. The van der Waals surface area contributed by atoms with Crippen LogP contribution in [0.3, 0.4) is 0 Å². The summed E-state index contributed by atoms with van der Waals surface area (Å²) in [5.74, 6) is 0.638. The number of halogens is 1. The van der Waals surface area contributed by atoms with E-state index < -0.39 is 0 Å². The van der Waals surface area contributed by atoms with Gasteiger partial charge in [-0.15, -0.1) is 0 Å². The molecular weight excluding hydrogens is 256 g/mol. The lowest BCUT2D eigenvalue weighted by molar-refractivity contribution is 0.534. The highest BCUT2D eigenvalue weighted by atomic mass is 35.5. The Balaban J connectivity index is 1.91. The van der Waals surface area contributed by atoms with Crippen LogP contribution in [0.15, 0.2) is 42.6 Å². The number of pyridine rings is 1. The molecule has 0 bridgehead atoms. The maximum atomic E-state index is 6.13. The zero-order valence-electron chi connectivity index (χ0n) is 10.9. The topological polar surface area (TPSA) is 24.9 Å². The molecule has 3 rings (SSSR count). The monoisotopic (exact) mass is 272 g/mol. The number of aromatic nitrogens is 1. The van der Waals surface area contributed by atoms with Gasteiger partial charge >= 0.3 is 0 Å². The molecular formula is C16H17ClN2. The Morgan fingerprint density at radius 3 is 2.68 bits per heavy atom. The second kappa shape index (κ2) is 5.22. The van der Waals surface area contributed by atoms with E-state index >= 15 is 0 Å². The predicted molar refractivity (Wildman–Crippen MR) is 79.7 cm³/mol. The van der Waals surface area contributed by atoms with Gasteiger partial charge in [-0.1, -0.05) is 42.8 Å². The summed E-state index contributed by atoms with van der Waals surface area (Å²) in [6.07, 6.45) is 4.04. The summed E-state index contributed by atoms with van der Waals surface area (Å²) in [4.78, 5) is 4.12. The van der Waals surface area contributed by atoms with Crippen molar-refractivity contribution in [3.63, 3.8) is 0 Å².